The second kappa shape index (κ2) is 13.1. The molecule has 0 saturated heterocycles. The Balaban J connectivity index is 1.37. The summed E-state index contributed by atoms with van der Waals surface area (Å²) in [5.74, 6) is -0.0449. The molecule has 46 heavy (non-hydrogen) atoms. The maximum Gasteiger partial charge on any atom is 0.405 e. The summed E-state index contributed by atoms with van der Waals surface area (Å²) in [6.45, 7) is 0.541. The fraction of sp³-hybridized carbons (Fsp3) is 0.147. The number of tetrazole rings is 1. The van der Waals surface area contributed by atoms with Gasteiger partial charge in [0.2, 0.25) is 11.8 Å². The molecule has 0 aliphatic heterocycles. The Labute approximate surface area is 262 Å². The average molecular weight is 623 g/mol. The number of H-pyrrole nitrogens is 1. The van der Waals surface area contributed by atoms with Crippen LogP contribution >= 0.6 is 0 Å². The molecule has 4 aromatic carbocycles. The van der Waals surface area contributed by atoms with Crippen molar-refractivity contribution in [1.29, 1.82) is 0 Å². The first-order chi connectivity index (χ1) is 22.3. The van der Waals surface area contributed by atoms with Crippen molar-refractivity contribution in [3.05, 3.63) is 120 Å². The molecule has 0 aliphatic rings. The fourth-order valence-corrected chi connectivity index (χ4v) is 5.20. The van der Waals surface area contributed by atoms with E-state index in [-0.39, 0.29) is 12.2 Å². The van der Waals surface area contributed by atoms with E-state index in [4.69, 9.17) is 0 Å². The second-order valence-electron chi connectivity index (χ2n) is 10.5. The number of alkyl halides is 3. The summed E-state index contributed by atoms with van der Waals surface area (Å²) < 4.78 is 40.6. The highest BCUT2D eigenvalue weighted by molar-refractivity contribution is 5.94. The molecule has 0 spiro atoms. The first-order valence-electron chi connectivity index (χ1n) is 14.6. The highest BCUT2D eigenvalue weighted by Crippen LogP contribution is 2.34. The number of hydrogen-bond acceptors (Lipinski definition) is 6. The second-order valence-corrected chi connectivity index (χ2v) is 10.5. The molecule has 0 radical (unpaired) electrons. The number of imidazole rings is 1. The SMILES string of the molecule is CCc1nc(Nc2ccccc2)n(Cc2ccc(-c3cc(-c4ccccc4)ccc3-c3nn[nH]n3)cc2)c1C(=O)NCC(F)(F)F. The molecule has 3 N–H and O–H groups in total. The lowest BCUT2D eigenvalue weighted by Crippen LogP contribution is -2.35. The molecule has 2 heterocycles. The zero-order valence-electron chi connectivity index (χ0n) is 24.7. The van der Waals surface area contributed by atoms with Gasteiger partial charge >= 0.3 is 6.18 Å². The standard InChI is InChI=1S/C34H29F3N8O/c1-2-29-30(32(46)38-21-34(35,36)37)45(33(40-29)39-26-11-7-4-8-12-26)20-22-13-15-24(16-14-22)28-19-25(23-9-5-3-6-10-23)17-18-27(28)31-41-43-44-42-31/h3-19H,2,20-21H2,1H3,(H,38,46)(H,39,40)(H,41,42,43,44). The first-order valence-corrected chi connectivity index (χ1v) is 14.6. The maximum absolute atomic E-state index is 13.2. The van der Waals surface area contributed by atoms with Gasteiger partial charge in [0.05, 0.1) is 12.2 Å². The summed E-state index contributed by atoms with van der Waals surface area (Å²) in [6, 6.07) is 33.0. The minimum atomic E-state index is -4.55. The van der Waals surface area contributed by atoms with E-state index in [2.05, 4.69) is 37.0 Å². The lowest BCUT2D eigenvalue weighted by Gasteiger charge is -2.15. The van der Waals surface area contributed by atoms with Gasteiger partial charge in [0, 0.05) is 11.3 Å². The molecule has 0 fully saturated rings. The van der Waals surface area contributed by atoms with E-state index in [1.807, 2.05) is 102 Å². The van der Waals surface area contributed by atoms with E-state index in [0.717, 1.165) is 39.1 Å². The summed E-state index contributed by atoms with van der Waals surface area (Å²) in [5.41, 5.74) is 6.65. The predicted octanol–water partition coefficient (Wildman–Crippen LogP) is 7.04. The Morgan fingerprint density at radius 1 is 0.848 bits per heavy atom. The van der Waals surface area contributed by atoms with Crippen molar-refractivity contribution in [2.45, 2.75) is 26.1 Å². The fourth-order valence-electron chi connectivity index (χ4n) is 5.20. The molecule has 0 saturated carbocycles. The highest BCUT2D eigenvalue weighted by Gasteiger charge is 2.30. The number of aromatic amines is 1. The van der Waals surface area contributed by atoms with Crippen LogP contribution in [0.1, 0.15) is 28.7 Å². The van der Waals surface area contributed by atoms with Crippen LogP contribution in [0.2, 0.25) is 0 Å². The molecule has 0 unspecified atom stereocenters. The largest absolute Gasteiger partial charge is 0.405 e. The third-order valence-electron chi connectivity index (χ3n) is 7.39. The number of hydrogen-bond donors (Lipinski definition) is 3. The maximum atomic E-state index is 13.2. The first kappa shape index (κ1) is 30.3. The number of para-hydroxylation sites is 1. The number of anilines is 2. The van der Waals surface area contributed by atoms with Crippen molar-refractivity contribution < 1.29 is 18.0 Å². The Kier molecular flexibility index (Phi) is 8.59. The topological polar surface area (TPSA) is 113 Å². The van der Waals surface area contributed by atoms with Gasteiger partial charge in [-0.2, -0.15) is 18.4 Å². The number of benzene rings is 4. The average Bonchev–Trinajstić information content (AvgIpc) is 3.73. The Morgan fingerprint density at radius 2 is 1.54 bits per heavy atom. The lowest BCUT2D eigenvalue weighted by atomic mass is 9.93. The summed E-state index contributed by atoms with van der Waals surface area (Å²) >= 11 is 0. The van der Waals surface area contributed by atoms with Crippen LogP contribution in [0, 0.1) is 0 Å². The number of aryl methyl sites for hydroxylation is 1. The van der Waals surface area contributed by atoms with Crippen molar-refractivity contribution in [3.63, 3.8) is 0 Å². The van der Waals surface area contributed by atoms with E-state index in [9.17, 15) is 18.0 Å². The van der Waals surface area contributed by atoms with Gasteiger partial charge in [-0.15, -0.1) is 10.2 Å². The van der Waals surface area contributed by atoms with Gasteiger partial charge in [-0.05, 0) is 63.7 Å². The summed E-state index contributed by atoms with van der Waals surface area (Å²) in [5, 5.41) is 19.8. The number of halogens is 3. The Bertz CT molecular complexity index is 1920. The molecule has 1 amide bonds. The van der Waals surface area contributed by atoms with E-state index in [1.54, 1.807) is 11.5 Å². The molecule has 2 aromatic heterocycles. The van der Waals surface area contributed by atoms with Gasteiger partial charge in [-0.1, -0.05) is 85.8 Å². The number of amides is 1. The van der Waals surface area contributed by atoms with Crippen molar-refractivity contribution in [3.8, 4) is 33.6 Å². The number of nitrogens with zero attached hydrogens (tertiary/aromatic N) is 5. The molecular formula is C34H29F3N8O. The zero-order chi connectivity index (χ0) is 32.1. The number of carbonyl (C=O) groups excluding carboxylic acids is 1. The van der Waals surface area contributed by atoms with Crippen molar-refractivity contribution in [2.75, 3.05) is 11.9 Å². The van der Waals surface area contributed by atoms with Gasteiger partial charge in [0.25, 0.3) is 5.91 Å². The third-order valence-corrected chi connectivity index (χ3v) is 7.39. The van der Waals surface area contributed by atoms with Gasteiger partial charge in [0.15, 0.2) is 0 Å². The Morgan fingerprint density at radius 3 is 2.20 bits per heavy atom. The summed E-state index contributed by atoms with van der Waals surface area (Å²) in [7, 11) is 0. The number of nitrogens with one attached hydrogen (secondary N) is 3. The van der Waals surface area contributed by atoms with Crippen LogP contribution in [0.3, 0.4) is 0 Å². The number of carbonyl (C=O) groups is 1. The van der Waals surface area contributed by atoms with E-state index in [1.165, 1.54) is 0 Å². The minimum absolute atomic E-state index is 0.0733. The summed E-state index contributed by atoms with van der Waals surface area (Å²) in [4.78, 5) is 17.8. The van der Waals surface area contributed by atoms with Crippen molar-refractivity contribution in [2.24, 2.45) is 0 Å². The third kappa shape index (κ3) is 6.80. The normalized spacial score (nSPS) is 11.4. The van der Waals surface area contributed by atoms with Crippen LogP contribution in [-0.2, 0) is 13.0 Å². The monoisotopic (exact) mass is 622 g/mol. The molecule has 9 nitrogen and oxygen atoms in total. The van der Waals surface area contributed by atoms with Gasteiger partial charge in [-0.25, -0.2) is 4.98 Å². The van der Waals surface area contributed by atoms with E-state index in [0.29, 0.717) is 23.9 Å². The van der Waals surface area contributed by atoms with Crippen molar-refractivity contribution >= 4 is 17.5 Å². The van der Waals surface area contributed by atoms with Crippen LogP contribution < -0.4 is 10.6 Å². The van der Waals surface area contributed by atoms with Crippen molar-refractivity contribution in [1.82, 2.24) is 35.5 Å². The van der Waals surface area contributed by atoms with E-state index >= 15 is 0 Å². The van der Waals surface area contributed by atoms with Crippen LogP contribution in [0.25, 0.3) is 33.6 Å². The zero-order valence-corrected chi connectivity index (χ0v) is 24.7. The molecule has 6 rings (SSSR count). The number of rotatable bonds is 10. The van der Waals surface area contributed by atoms with Gasteiger partial charge < -0.3 is 15.2 Å². The van der Waals surface area contributed by atoms with Gasteiger partial charge in [-0.3, -0.25) is 4.79 Å². The predicted molar refractivity (Wildman–Crippen MR) is 169 cm³/mol. The van der Waals surface area contributed by atoms with Crippen LogP contribution in [-0.4, -0.2) is 48.8 Å². The minimum Gasteiger partial charge on any atom is -0.342 e. The molecule has 12 heteroatoms. The highest BCUT2D eigenvalue weighted by atomic mass is 19.4. The van der Waals surface area contributed by atoms with Gasteiger partial charge in [0.1, 0.15) is 12.2 Å². The lowest BCUT2D eigenvalue weighted by molar-refractivity contribution is -0.123. The molecule has 0 atom stereocenters. The quantitative estimate of drug-likeness (QED) is 0.151. The smallest absolute Gasteiger partial charge is 0.342 e. The van der Waals surface area contributed by atoms with Crippen LogP contribution in [0.15, 0.2) is 103 Å². The summed E-state index contributed by atoms with van der Waals surface area (Å²) in [6.07, 6.45) is -4.20. The van der Waals surface area contributed by atoms with Crippen LogP contribution in [0.4, 0.5) is 24.8 Å². The van der Waals surface area contributed by atoms with Crippen LogP contribution in [0.5, 0.6) is 0 Å². The molecule has 232 valence electrons. The molecule has 0 bridgehead atoms. The van der Waals surface area contributed by atoms with E-state index < -0.39 is 18.6 Å². The molecule has 0 aliphatic carbocycles. The molecular weight excluding hydrogens is 593 g/mol. The molecule has 6 aromatic rings. The number of aromatic nitrogens is 6. The Hall–Kier alpha value is -5.78.